The molecule has 0 saturated carbocycles. The van der Waals surface area contributed by atoms with Gasteiger partial charge in [-0.15, -0.1) is 0 Å². The van der Waals surface area contributed by atoms with E-state index in [0.29, 0.717) is 0 Å². The second-order valence-electron chi connectivity index (χ2n) is 17.6. The summed E-state index contributed by atoms with van der Waals surface area (Å²) in [5, 5.41) is 10.8. The fourth-order valence-electron chi connectivity index (χ4n) is 9.97. The lowest BCUT2D eigenvalue weighted by Gasteiger charge is -2.34. The van der Waals surface area contributed by atoms with Crippen LogP contribution in [0.3, 0.4) is 0 Å². The largest absolute Gasteiger partial charge is 0.308 e. The van der Waals surface area contributed by atoms with E-state index in [4.69, 9.17) is 0 Å². The number of nitrogens with zero attached hydrogens (tertiary/aromatic N) is 1. The average molecular weight is 644 g/mol. The van der Waals surface area contributed by atoms with Crippen LogP contribution in [0.15, 0.2) is 109 Å². The molecule has 0 fully saturated rings. The molecule has 242 valence electrons. The molecule has 0 N–H and O–H groups in total. The van der Waals surface area contributed by atoms with Gasteiger partial charge in [0.25, 0.3) is 0 Å². The Kier molecular flexibility index (Phi) is 5.13. The molecule has 2 aliphatic carbocycles. The van der Waals surface area contributed by atoms with E-state index >= 15 is 0 Å². The number of rotatable bonds is 0. The van der Waals surface area contributed by atoms with E-state index in [9.17, 15) is 0 Å². The summed E-state index contributed by atoms with van der Waals surface area (Å²) in [5.74, 6) is 0. The maximum Gasteiger partial charge on any atom is 0.0620 e. The second-order valence-corrected chi connectivity index (χ2v) is 17.6. The number of benzene rings is 7. The zero-order chi connectivity index (χ0) is 34.1. The highest BCUT2D eigenvalue weighted by Gasteiger charge is 2.38. The monoisotopic (exact) mass is 643 g/mol. The summed E-state index contributed by atoms with van der Waals surface area (Å²) < 4.78 is 2.62. The van der Waals surface area contributed by atoms with Gasteiger partial charge in [0.15, 0.2) is 0 Å². The van der Waals surface area contributed by atoms with Crippen molar-refractivity contribution < 1.29 is 0 Å². The average Bonchev–Trinajstić information content (AvgIpc) is 3.66. The van der Waals surface area contributed by atoms with E-state index in [-0.39, 0.29) is 16.2 Å². The van der Waals surface area contributed by atoms with E-state index < -0.39 is 0 Å². The zero-order valence-electron chi connectivity index (χ0n) is 30.0. The van der Waals surface area contributed by atoms with E-state index in [1.165, 1.54) is 110 Å². The van der Waals surface area contributed by atoms with Crippen molar-refractivity contribution in [3.8, 4) is 22.3 Å². The van der Waals surface area contributed by atoms with Gasteiger partial charge in [-0.25, -0.2) is 0 Å². The van der Waals surface area contributed by atoms with Crippen LogP contribution in [0.4, 0.5) is 0 Å². The summed E-state index contributed by atoms with van der Waals surface area (Å²) >= 11 is 0. The molecule has 0 radical (unpaired) electrons. The molecule has 0 bridgehead atoms. The van der Waals surface area contributed by atoms with Gasteiger partial charge in [0, 0.05) is 27.0 Å². The van der Waals surface area contributed by atoms with Crippen molar-refractivity contribution in [1.29, 1.82) is 0 Å². The number of aromatic nitrogens is 1. The molecule has 9 aromatic rings. The Balaban J connectivity index is 1.30. The van der Waals surface area contributed by atoms with Crippen molar-refractivity contribution in [1.82, 2.24) is 4.40 Å². The molecule has 2 aromatic heterocycles. The van der Waals surface area contributed by atoms with Gasteiger partial charge >= 0.3 is 0 Å². The lowest BCUT2D eigenvalue weighted by molar-refractivity contribution is 0.518. The third-order valence-electron chi connectivity index (χ3n) is 12.7. The second kappa shape index (κ2) is 8.95. The Morgan fingerprint density at radius 1 is 0.500 bits per heavy atom. The molecule has 1 nitrogen and oxygen atoms in total. The number of fused-ring (bicyclic) bond motifs is 14. The molecule has 1 heteroatoms. The zero-order valence-corrected chi connectivity index (χ0v) is 30.0. The number of hydrogen-bond donors (Lipinski definition) is 0. The Hall–Kier alpha value is -5.14. The van der Waals surface area contributed by atoms with Crippen LogP contribution in [-0.4, -0.2) is 4.40 Å². The van der Waals surface area contributed by atoms with Gasteiger partial charge < -0.3 is 4.40 Å². The highest BCUT2D eigenvalue weighted by Crippen LogP contribution is 2.54. The summed E-state index contributed by atoms with van der Waals surface area (Å²) in [5.41, 5.74) is 16.7. The van der Waals surface area contributed by atoms with E-state index in [1.54, 1.807) is 0 Å². The SMILES string of the molecule is CC(C)(C)c1cc2c3cc4c(cc3n3c5cc6c(cc5c(c1)c23)C(C)(C)c1cc2ccccc2cc1-6)-c1cc2ccccc2cc1CC4(C)C. The van der Waals surface area contributed by atoms with Gasteiger partial charge in [0.1, 0.15) is 0 Å². The van der Waals surface area contributed by atoms with Crippen molar-refractivity contribution in [2.45, 2.75) is 71.1 Å². The first kappa shape index (κ1) is 28.7. The van der Waals surface area contributed by atoms with Crippen molar-refractivity contribution in [2.24, 2.45) is 0 Å². The topological polar surface area (TPSA) is 4.41 Å². The lowest BCUT2D eigenvalue weighted by Crippen LogP contribution is -2.25. The molecule has 2 aliphatic rings. The first-order valence-electron chi connectivity index (χ1n) is 18.3. The summed E-state index contributed by atoms with van der Waals surface area (Å²) in [4.78, 5) is 0. The maximum absolute atomic E-state index is 2.62. The molecular formula is C49H41N. The summed E-state index contributed by atoms with van der Waals surface area (Å²) in [6.45, 7) is 16.8. The van der Waals surface area contributed by atoms with Crippen LogP contribution in [0.2, 0.25) is 0 Å². The minimum atomic E-state index is -0.0824. The Morgan fingerprint density at radius 3 is 1.58 bits per heavy atom. The van der Waals surface area contributed by atoms with Gasteiger partial charge in [-0.1, -0.05) is 103 Å². The molecule has 0 amide bonds. The third kappa shape index (κ3) is 3.53. The van der Waals surface area contributed by atoms with Crippen molar-refractivity contribution in [3.05, 3.63) is 137 Å². The Bertz CT molecular complexity index is 2970. The summed E-state index contributed by atoms with van der Waals surface area (Å²) in [6, 6.07) is 42.7. The molecule has 0 aliphatic heterocycles. The van der Waals surface area contributed by atoms with Crippen LogP contribution in [0, 0.1) is 0 Å². The quantitative estimate of drug-likeness (QED) is 0.155. The fraction of sp³-hybridized carbons (Fsp3) is 0.224. The Labute approximate surface area is 293 Å². The van der Waals surface area contributed by atoms with Gasteiger partial charge in [-0.05, 0) is 143 Å². The van der Waals surface area contributed by atoms with Crippen molar-refractivity contribution in [3.63, 3.8) is 0 Å². The van der Waals surface area contributed by atoms with Crippen LogP contribution in [0.25, 0.3) is 81.9 Å². The highest BCUT2D eigenvalue weighted by atomic mass is 14.9. The van der Waals surface area contributed by atoms with E-state index in [2.05, 4.69) is 162 Å². The first-order chi connectivity index (χ1) is 23.9. The van der Waals surface area contributed by atoms with Crippen molar-refractivity contribution in [2.75, 3.05) is 0 Å². The number of hydrogen-bond acceptors (Lipinski definition) is 0. The molecular weight excluding hydrogens is 603 g/mol. The van der Waals surface area contributed by atoms with Crippen LogP contribution in [0.5, 0.6) is 0 Å². The predicted molar refractivity (Wildman–Crippen MR) is 215 cm³/mol. The van der Waals surface area contributed by atoms with Crippen LogP contribution in [-0.2, 0) is 22.7 Å². The van der Waals surface area contributed by atoms with E-state index in [1.807, 2.05) is 0 Å². The molecule has 50 heavy (non-hydrogen) atoms. The summed E-state index contributed by atoms with van der Waals surface area (Å²) in [6.07, 6.45) is 1.04. The standard InChI is InChI=1S/C49H41N/c1-47(2,3)32-20-39-37-22-41-35(33-17-28-13-9-8-12-27(28)16-31(33)26-48(41,4)5)24-44(37)50-45-25-36-34-18-29-14-10-11-15-30(29)19-42(34)49(6,7)43(36)23-38(45)40(21-32)46(39)50/h8-25H,26H2,1-7H3. The fourth-order valence-corrected chi connectivity index (χ4v) is 9.97. The smallest absolute Gasteiger partial charge is 0.0620 e. The van der Waals surface area contributed by atoms with Gasteiger partial charge in [0.05, 0.1) is 16.6 Å². The first-order valence-corrected chi connectivity index (χ1v) is 18.3. The van der Waals surface area contributed by atoms with Crippen LogP contribution >= 0.6 is 0 Å². The molecule has 2 heterocycles. The molecule has 0 spiro atoms. The lowest BCUT2D eigenvalue weighted by atomic mass is 9.69. The minimum absolute atomic E-state index is 0.0266. The van der Waals surface area contributed by atoms with Crippen LogP contribution in [0.1, 0.15) is 76.3 Å². The van der Waals surface area contributed by atoms with Crippen LogP contribution < -0.4 is 0 Å². The van der Waals surface area contributed by atoms with Gasteiger partial charge in [-0.3, -0.25) is 0 Å². The molecule has 0 atom stereocenters. The summed E-state index contributed by atoms with van der Waals surface area (Å²) in [7, 11) is 0. The van der Waals surface area contributed by atoms with E-state index in [0.717, 1.165) is 6.42 Å². The highest BCUT2D eigenvalue weighted by molar-refractivity contribution is 6.25. The third-order valence-corrected chi connectivity index (χ3v) is 12.7. The van der Waals surface area contributed by atoms with Gasteiger partial charge in [0.2, 0.25) is 0 Å². The van der Waals surface area contributed by atoms with Crippen molar-refractivity contribution >= 4 is 59.6 Å². The molecule has 11 rings (SSSR count). The Morgan fingerprint density at radius 2 is 0.980 bits per heavy atom. The minimum Gasteiger partial charge on any atom is -0.308 e. The molecule has 0 unspecified atom stereocenters. The van der Waals surface area contributed by atoms with Gasteiger partial charge in [-0.2, -0.15) is 0 Å². The predicted octanol–water partition coefficient (Wildman–Crippen LogP) is 13.2. The maximum atomic E-state index is 2.62. The normalized spacial score (nSPS) is 16.1. The molecule has 0 saturated heterocycles. The molecule has 7 aromatic carbocycles.